The number of hydrogen-bond acceptors (Lipinski definition) is 4. The first kappa shape index (κ1) is 11.3. The summed E-state index contributed by atoms with van der Waals surface area (Å²) in [5.41, 5.74) is 0. The zero-order valence-corrected chi connectivity index (χ0v) is 10.5. The lowest BCUT2D eigenvalue weighted by Gasteiger charge is -2.18. The van der Waals surface area contributed by atoms with Gasteiger partial charge >= 0.3 is 0 Å². The Morgan fingerprint density at radius 3 is 2.62 bits per heavy atom. The van der Waals surface area contributed by atoms with Crippen LogP contribution in [0.5, 0.6) is 0 Å². The van der Waals surface area contributed by atoms with Gasteiger partial charge in [-0.3, -0.25) is 5.32 Å². The number of thiazole rings is 1. The van der Waals surface area contributed by atoms with E-state index in [1.165, 1.54) is 0 Å². The minimum Gasteiger partial charge on any atom is -0.337 e. The summed E-state index contributed by atoms with van der Waals surface area (Å²) in [4.78, 5) is 8.64. The van der Waals surface area contributed by atoms with Gasteiger partial charge in [0.15, 0.2) is 0 Å². The van der Waals surface area contributed by atoms with Gasteiger partial charge in [-0.15, -0.1) is 11.3 Å². The predicted octanol–water partition coefficient (Wildman–Crippen LogP) is 2.29. The maximum Gasteiger partial charge on any atom is 0.125 e. The minimum absolute atomic E-state index is 0.221. The van der Waals surface area contributed by atoms with Crippen LogP contribution in [0.1, 0.15) is 36.8 Å². The molecule has 2 aromatic heterocycles. The average molecular weight is 236 g/mol. The van der Waals surface area contributed by atoms with Gasteiger partial charge in [0.25, 0.3) is 0 Å². The highest BCUT2D eigenvalue weighted by Crippen LogP contribution is 2.19. The van der Waals surface area contributed by atoms with Crippen molar-refractivity contribution in [2.75, 3.05) is 0 Å². The first-order chi connectivity index (χ1) is 7.68. The fraction of sp³-hybridized carbons (Fsp3) is 0.455. The van der Waals surface area contributed by atoms with Crippen LogP contribution in [0.3, 0.4) is 0 Å². The first-order valence-corrected chi connectivity index (χ1v) is 6.19. The Morgan fingerprint density at radius 2 is 2.06 bits per heavy atom. The average Bonchev–Trinajstić information content (AvgIpc) is 2.86. The molecule has 2 rings (SSSR count). The van der Waals surface area contributed by atoms with Crippen LogP contribution in [-0.4, -0.2) is 14.5 Å². The molecular weight excluding hydrogens is 220 g/mol. The normalized spacial score (nSPS) is 14.9. The van der Waals surface area contributed by atoms with Gasteiger partial charge in [-0.1, -0.05) is 0 Å². The summed E-state index contributed by atoms with van der Waals surface area (Å²) in [6.07, 6.45) is 5.62. The fourth-order valence-corrected chi connectivity index (χ4v) is 2.42. The molecule has 0 aliphatic heterocycles. The maximum absolute atomic E-state index is 4.33. The Kier molecular flexibility index (Phi) is 3.36. The quantitative estimate of drug-likeness (QED) is 0.885. The third-order valence-corrected chi connectivity index (χ3v) is 3.53. The van der Waals surface area contributed by atoms with Gasteiger partial charge in [-0.05, 0) is 13.8 Å². The summed E-state index contributed by atoms with van der Waals surface area (Å²) in [6, 6.07) is 0.477. The van der Waals surface area contributed by atoms with E-state index < -0.39 is 0 Å². The van der Waals surface area contributed by atoms with Crippen molar-refractivity contribution in [2.45, 2.75) is 25.9 Å². The standard InChI is InChI=1S/C11H16N4S/c1-8(10-12-4-6-15(10)3)14-9(2)11-13-5-7-16-11/h4-9,14H,1-3H3. The molecule has 16 heavy (non-hydrogen) atoms. The second kappa shape index (κ2) is 4.76. The lowest BCUT2D eigenvalue weighted by molar-refractivity contribution is 0.466. The molecule has 2 atom stereocenters. The topological polar surface area (TPSA) is 42.7 Å². The summed E-state index contributed by atoms with van der Waals surface area (Å²) in [5.74, 6) is 1.04. The number of nitrogens with zero attached hydrogens (tertiary/aromatic N) is 3. The fourth-order valence-electron chi connectivity index (χ4n) is 1.76. The highest BCUT2D eigenvalue weighted by atomic mass is 32.1. The minimum atomic E-state index is 0.221. The van der Waals surface area contributed by atoms with Crippen molar-refractivity contribution in [2.24, 2.45) is 7.05 Å². The molecule has 2 heterocycles. The molecule has 0 saturated heterocycles. The molecule has 0 spiro atoms. The van der Waals surface area contributed by atoms with E-state index in [4.69, 9.17) is 0 Å². The van der Waals surface area contributed by atoms with Crippen LogP contribution in [0.4, 0.5) is 0 Å². The summed E-state index contributed by atoms with van der Waals surface area (Å²) in [7, 11) is 2.01. The molecule has 0 amide bonds. The van der Waals surface area contributed by atoms with Gasteiger partial charge in [-0.25, -0.2) is 9.97 Å². The second-order valence-electron chi connectivity index (χ2n) is 3.88. The van der Waals surface area contributed by atoms with Crippen molar-refractivity contribution < 1.29 is 0 Å². The molecule has 2 aromatic rings. The van der Waals surface area contributed by atoms with Gasteiger partial charge in [0.1, 0.15) is 10.8 Å². The SMILES string of the molecule is CC(NC(C)c1nccn1C)c1nccs1. The Morgan fingerprint density at radius 1 is 1.25 bits per heavy atom. The monoisotopic (exact) mass is 236 g/mol. The largest absolute Gasteiger partial charge is 0.337 e. The van der Waals surface area contributed by atoms with Crippen molar-refractivity contribution >= 4 is 11.3 Å². The number of aryl methyl sites for hydroxylation is 1. The van der Waals surface area contributed by atoms with Gasteiger partial charge < -0.3 is 4.57 Å². The Hall–Kier alpha value is -1.20. The van der Waals surface area contributed by atoms with Gasteiger partial charge in [0.2, 0.25) is 0 Å². The predicted molar refractivity (Wildman–Crippen MR) is 65.3 cm³/mol. The smallest absolute Gasteiger partial charge is 0.125 e. The molecular formula is C11H16N4S. The van der Waals surface area contributed by atoms with E-state index >= 15 is 0 Å². The zero-order chi connectivity index (χ0) is 11.5. The summed E-state index contributed by atoms with van der Waals surface area (Å²) in [6.45, 7) is 4.24. The van der Waals surface area contributed by atoms with Crippen molar-refractivity contribution in [3.63, 3.8) is 0 Å². The van der Waals surface area contributed by atoms with Gasteiger partial charge in [-0.2, -0.15) is 0 Å². The number of aromatic nitrogens is 3. The van der Waals surface area contributed by atoms with Crippen molar-refractivity contribution in [1.29, 1.82) is 0 Å². The number of imidazole rings is 1. The molecule has 4 nitrogen and oxygen atoms in total. The molecule has 1 N–H and O–H groups in total. The molecule has 86 valence electrons. The molecule has 0 aliphatic rings. The Labute approximate surface area is 99.4 Å². The lowest BCUT2D eigenvalue weighted by atomic mass is 10.2. The highest BCUT2D eigenvalue weighted by molar-refractivity contribution is 7.09. The molecule has 2 unspecified atom stereocenters. The lowest BCUT2D eigenvalue weighted by Crippen LogP contribution is -2.24. The zero-order valence-electron chi connectivity index (χ0n) is 9.71. The third-order valence-electron chi connectivity index (χ3n) is 2.57. The second-order valence-corrected chi connectivity index (χ2v) is 4.80. The number of hydrogen-bond donors (Lipinski definition) is 1. The van der Waals surface area contributed by atoms with E-state index in [9.17, 15) is 0 Å². The van der Waals surface area contributed by atoms with Crippen LogP contribution in [0.25, 0.3) is 0 Å². The van der Waals surface area contributed by atoms with Crippen molar-refractivity contribution in [1.82, 2.24) is 19.9 Å². The highest BCUT2D eigenvalue weighted by Gasteiger charge is 2.15. The molecule has 0 fully saturated rings. The van der Waals surface area contributed by atoms with E-state index in [-0.39, 0.29) is 12.1 Å². The van der Waals surface area contributed by atoms with Gasteiger partial charge in [0, 0.05) is 31.0 Å². The van der Waals surface area contributed by atoms with E-state index in [2.05, 4.69) is 29.1 Å². The van der Waals surface area contributed by atoms with Crippen LogP contribution >= 0.6 is 11.3 Å². The molecule has 0 radical (unpaired) electrons. The van der Waals surface area contributed by atoms with Crippen LogP contribution in [0.2, 0.25) is 0 Å². The summed E-state index contributed by atoms with van der Waals surface area (Å²) >= 11 is 1.67. The number of nitrogens with one attached hydrogen (secondary N) is 1. The van der Waals surface area contributed by atoms with Crippen LogP contribution in [-0.2, 0) is 7.05 Å². The van der Waals surface area contributed by atoms with E-state index in [1.807, 2.05) is 35.6 Å². The van der Waals surface area contributed by atoms with E-state index in [0.29, 0.717) is 0 Å². The Balaban J connectivity index is 2.03. The van der Waals surface area contributed by atoms with Crippen LogP contribution in [0, 0.1) is 0 Å². The van der Waals surface area contributed by atoms with E-state index in [1.54, 1.807) is 11.3 Å². The maximum atomic E-state index is 4.33. The first-order valence-electron chi connectivity index (χ1n) is 5.31. The molecule has 5 heteroatoms. The summed E-state index contributed by atoms with van der Waals surface area (Å²) in [5, 5.41) is 6.60. The molecule has 0 saturated carbocycles. The Bertz CT molecular complexity index is 435. The number of rotatable bonds is 4. The van der Waals surface area contributed by atoms with Crippen LogP contribution < -0.4 is 5.32 Å². The molecule has 0 aliphatic carbocycles. The summed E-state index contributed by atoms with van der Waals surface area (Å²) < 4.78 is 2.03. The third kappa shape index (κ3) is 2.31. The molecule has 0 bridgehead atoms. The molecule has 0 aromatic carbocycles. The van der Waals surface area contributed by atoms with Crippen molar-refractivity contribution in [3.05, 3.63) is 34.8 Å². The van der Waals surface area contributed by atoms with Crippen molar-refractivity contribution in [3.8, 4) is 0 Å². The van der Waals surface area contributed by atoms with E-state index in [0.717, 1.165) is 10.8 Å². The van der Waals surface area contributed by atoms with Crippen LogP contribution in [0.15, 0.2) is 24.0 Å². The van der Waals surface area contributed by atoms with Gasteiger partial charge in [0.05, 0.1) is 12.1 Å².